The van der Waals surface area contributed by atoms with Crippen molar-refractivity contribution >= 4 is 15.9 Å². The molecule has 8 nitrogen and oxygen atoms in total. The Kier molecular flexibility index (Phi) is 4.93. The van der Waals surface area contributed by atoms with Gasteiger partial charge in [0.25, 0.3) is 0 Å². The van der Waals surface area contributed by atoms with Gasteiger partial charge in [-0.25, -0.2) is 8.42 Å². The van der Waals surface area contributed by atoms with E-state index in [2.05, 4.69) is 10.5 Å². The van der Waals surface area contributed by atoms with Crippen LogP contribution in [0.2, 0.25) is 0 Å². The summed E-state index contributed by atoms with van der Waals surface area (Å²) in [6, 6.07) is 0.265. The number of hydrogen-bond acceptors (Lipinski definition) is 6. The number of nitrogens with one attached hydrogen (secondary N) is 1. The molecule has 1 atom stereocenters. The zero-order chi connectivity index (χ0) is 17.3. The summed E-state index contributed by atoms with van der Waals surface area (Å²) in [7, 11) is -3.62. The van der Waals surface area contributed by atoms with Crippen LogP contribution < -0.4 is 5.32 Å². The monoisotopic (exact) mass is 356 g/mol. The van der Waals surface area contributed by atoms with Crippen molar-refractivity contribution < 1.29 is 17.7 Å². The van der Waals surface area contributed by atoms with Gasteiger partial charge in [-0.15, -0.1) is 0 Å². The van der Waals surface area contributed by atoms with E-state index in [1.807, 2.05) is 0 Å². The summed E-state index contributed by atoms with van der Waals surface area (Å²) in [5.74, 6) is 0.405. The fraction of sp³-hybridized carbons (Fsp3) is 0.733. The molecular weight excluding hydrogens is 332 g/mol. The Morgan fingerprint density at radius 2 is 2.00 bits per heavy atom. The number of nitrogens with zero attached hydrogens (tertiary/aromatic N) is 3. The normalized spacial score (nSPS) is 22.9. The number of carbonyl (C=O) groups excluding carboxylic acids is 1. The lowest BCUT2D eigenvalue weighted by Gasteiger charge is -2.34. The van der Waals surface area contributed by atoms with Crippen molar-refractivity contribution in [1.82, 2.24) is 19.7 Å². The minimum Gasteiger partial charge on any atom is -0.360 e. The van der Waals surface area contributed by atoms with Gasteiger partial charge in [0.1, 0.15) is 10.6 Å². The molecule has 0 saturated carbocycles. The molecular formula is C15H24N4O4S. The fourth-order valence-corrected chi connectivity index (χ4v) is 5.13. The summed E-state index contributed by atoms with van der Waals surface area (Å²) in [6.45, 7) is 5.65. The van der Waals surface area contributed by atoms with Gasteiger partial charge in [-0.3, -0.25) is 4.79 Å². The quantitative estimate of drug-likeness (QED) is 0.832. The molecule has 2 fully saturated rings. The van der Waals surface area contributed by atoms with E-state index >= 15 is 0 Å². The highest BCUT2D eigenvalue weighted by molar-refractivity contribution is 7.89. The first-order chi connectivity index (χ1) is 11.4. The van der Waals surface area contributed by atoms with Crippen LogP contribution >= 0.6 is 0 Å². The summed E-state index contributed by atoms with van der Waals surface area (Å²) in [5.41, 5.74) is 0.373. The Bertz CT molecular complexity index is 682. The van der Waals surface area contributed by atoms with Crippen LogP contribution in [0, 0.1) is 13.8 Å². The van der Waals surface area contributed by atoms with Crippen molar-refractivity contribution in [1.29, 1.82) is 0 Å². The Labute approximate surface area is 142 Å². The topological polar surface area (TPSA) is 95.8 Å². The number of amides is 1. The van der Waals surface area contributed by atoms with Crippen LogP contribution in [0.3, 0.4) is 0 Å². The maximum atomic E-state index is 12.8. The van der Waals surface area contributed by atoms with Crippen molar-refractivity contribution in [2.24, 2.45) is 0 Å². The molecule has 0 radical (unpaired) electrons. The molecule has 3 rings (SSSR count). The molecule has 2 aliphatic rings. The number of sulfonamides is 1. The largest absolute Gasteiger partial charge is 0.360 e. The summed E-state index contributed by atoms with van der Waals surface area (Å²) in [4.78, 5) is 14.3. The van der Waals surface area contributed by atoms with E-state index in [-0.39, 0.29) is 16.8 Å². The molecule has 1 aromatic heterocycles. The number of piperazine rings is 1. The van der Waals surface area contributed by atoms with Gasteiger partial charge in [-0.2, -0.15) is 4.31 Å². The number of aryl methyl sites for hydroxylation is 2. The molecule has 1 amide bonds. The lowest BCUT2D eigenvalue weighted by Crippen LogP contribution is -2.51. The summed E-state index contributed by atoms with van der Waals surface area (Å²) < 4.78 is 31.9. The molecule has 9 heteroatoms. The Morgan fingerprint density at radius 1 is 1.29 bits per heavy atom. The first-order valence-corrected chi connectivity index (χ1v) is 9.78. The molecule has 1 unspecified atom stereocenters. The number of carbonyl (C=O) groups is 1. The first-order valence-electron chi connectivity index (χ1n) is 8.34. The SMILES string of the molecule is Cc1noc(C)c1S(=O)(=O)N1CCN(C(=O)CC2CCCN2)CC1. The summed E-state index contributed by atoms with van der Waals surface area (Å²) in [5, 5.41) is 7.04. The second-order valence-electron chi connectivity index (χ2n) is 6.44. The molecule has 0 bridgehead atoms. The lowest BCUT2D eigenvalue weighted by atomic mass is 10.1. The smallest absolute Gasteiger partial charge is 0.248 e. The Morgan fingerprint density at radius 3 is 2.54 bits per heavy atom. The van der Waals surface area contributed by atoms with Crippen molar-refractivity contribution in [3.8, 4) is 0 Å². The number of rotatable bonds is 4. The molecule has 0 aromatic carbocycles. The molecule has 24 heavy (non-hydrogen) atoms. The third-order valence-corrected chi connectivity index (χ3v) is 6.88. The van der Waals surface area contributed by atoms with Crippen LogP contribution in [0.5, 0.6) is 0 Å². The predicted molar refractivity (Wildman–Crippen MR) is 87.0 cm³/mol. The lowest BCUT2D eigenvalue weighted by molar-refractivity contribution is -0.132. The van der Waals surface area contributed by atoms with Crippen LogP contribution in [-0.2, 0) is 14.8 Å². The zero-order valence-corrected chi connectivity index (χ0v) is 14.9. The van der Waals surface area contributed by atoms with E-state index < -0.39 is 10.0 Å². The van der Waals surface area contributed by atoms with Gasteiger partial charge in [-0.05, 0) is 33.2 Å². The third-order valence-electron chi connectivity index (χ3n) is 4.74. The van der Waals surface area contributed by atoms with Crippen molar-refractivity contribution in [3.63, 3.8) is 0 Å². The van der Waals surface area contributed by atoms with Gasteiger partial charge < -0.3 is 14.7 Å². The second kappa shape index (κ2) is 6.81. The van der Waals surface area contributed by atoms with E-state index in [0.29, 0.717) is 44.1 Å². The Balaban J connectivity index is 1.61. The Hall–Kier alpha value is -1.45. The van der Waals surface area contributed by atoms with Crippen molar-refractivity contribution in [3.05, 3.63) is 11.5 Å². The molecule has 1 N–H and O–H groups in total. The predicted octanol–water partition coefficient (Wildman–Crippen LogP) is 0.266. The molecule has 0 spiro atoms. The van der Waals surface area contributed by atoms with Gasteiger partial charge in [0.05, 0.1) is 0 Å². The minimum atomic E-state index is -3.62. The van der Waals surface area contributed by atoms with Crippen LogP contribution in [0.1, 0.15) is 30.7 Å². The van der Waals surface area contributed by atoms with Crippen molar-refractivity contribution in [2.45, 2.75) is 44.0 Å². The van der Waals surface area contributed by atoms with Crippen LogP contribution in [0.15, 0.2) is 9.42 Å². The zero-order valence-electron chi connectivity index (χ0n) is 14.1. The van der Waals surface area contributed by atoms with E-state index in [1.165, 1.54) is 4.31 Å². The molecule has 0 aliphatic carbocycles. The fourth-order valence-electron chi connectivity index (χ4n) is 3.42. The standard InChI is InChI=1S/C15H24N4O4S/c1-11-15(12(2)23-17-11)24(21,22)19-8-6-18(7-9-19)14(20)10-13-4-3-5-16-13/h13,16H,3-10H2,1-2H3. The van der Waals surface area contributed by atoms with Crippen LogP contribution in [-0.4, -0.2) is 67.5 Å². The molecule has 134 valence electrons. The minimum absolute atomic E-state index is 0.101. The highest BCUT2D eigenvalue weighted by Crippen LogP contribution is 2.24. The highest BCUT2D eigenvalue weighted by Gasteiger charge is 2.34. The summed E-state index contributed by atoms with van der Waals surface area (Å²) in [6.07, 6.45) is 2.64. The molecule has 3 heterocycles. The maximum absolute atomic E-state index is 12.8. The second-order valence-corrected chi connectivity index (χ2v) is 8.31. The maximum Gasteiger partial charge on any atom is 0.248 e. The van der Waals surface area contributed by atoms with E-state index in [0.717, 1.165) is 19.4 Å². The van der Waals surface area contributed by atoms with E-state index in [9.17, 15) is 13.2 Å². The summed E-state index contributed by atoms with van der Waals surface area (Å²) >= 11 is 0. The van der Waals surface area contributed by atoms with Crippen LogP contribution in [0.4, 0.5) is 0 Å². The van der Waals surface area contributed by atoms with Gasteiger partial charge in [0, 0.05) is 38.6 Å². The highest BCUT2D eigenvalue weighted by atomic mass is 32.2. The van der Waals surface area contributed by atoms with Gasteiger partial charge in [0.15, 0.2) is 5.76 Å². The van der Waals surface area contributed by atoms with E-state index in [4.69, 9.17) is 4.52 Å². The molecule has 2 saturated heterocycles. The van der Waals surface area contributed by atoms with Crippen molar-refractivity contribution in [2.75, 3.05) is 32.7 Å². The number of aromatic nitrogens is 1. The first kappa shape index (κ1) is 17.4. The van der Waals surface area contributed by atoms with Crippen LogP contribution in [0.25, 0.3) is 0 Å². The number of hydrogen-bond donors (Lipinski definition) is 1. The third kappa shape index (κ3) is 3.33. The molecule has 2 aliphatic heterocycles. The van der Waals surface area contributed by atoms with Gasteiger partial charge >= 0.3 is 0 Å². The average molecular weight is 356 g/mol. The average Bonchev–Trinajstić information content (AvgIpc) is 3.17. The van der Waals surface area contributed by atoms with Gasteiger partial charge in [-0.1, -0.05) is 5.16 Å². The molecule has 1 aromatic rings. The van der Waals surface area contributed by atoms with Gasteiger partial charge in [0.2, 0.25) is 15.9 Å². The van der Waals surface area contributed by atoms with E-state index in [1.54, 1.807) is 18.7 Å².